The number of phenols is 1. The van der Waals surface area contributed by atoms with Gasteiger partial charge in [-0.25, -0.2) is 4.98 Å². The number of phenolic OH excluding ortho intramolecular Hbond substituents is 1. The Balaban J connectivity index is 1.94. The van der Waals surface area contributed by atoms with Crippen molar-refractivity contribution < 1.29 is 9.90 Å². The van der Waals surface area contributed by atoms with Gasteiger partial charge in [0.1, 0.15) is 16.7 Å². The number of carbonyl (C=O) groups excluding carboxylic acids is 1. The molecule has 1 aliphatic rings. The van der Waals surface area contributed by atoms with Crippen LogP contribution in [0, 0.1) is 5.41 Å². The summed E-state index contributed by atoms with van der Waals surface area (Å²) in [5.41, 5.74) is 0.744. The SMILES string of the molecule is N=C1S/C(=C\c2cccc(O)c2)C(=O)[C@H]1c1nccs1. The third-order valence-corrected chi connectivity index (χ3v) is 4.69. The molecule has 4 nitrogen and oxygen atoms in total. The molecule has 0 unspecified atom stereocenters. The van der Waals surface area contributed by atoms with Crippen LogP contribution in [0.15, 0.2) is 40.7 Å². The Kier molecular flexibility index (Phi) is 3.42. The van der Waals surface area contributed by atoms with Gasteiger partial charge in [-0.1, -0.05) is 23.9 Å². The molecule has 0 radical (unpaired) electrons. The fraction of sp³-hybridized carbons (Fsp3) is 0.0714. The van der Waals surface area contributed by atoms with E-state index in [0.29, 0.717) is 15.0 Å². The highest BCUT2D eigenvalue weighted by Crippen LogP contribution is 2.41. The molecule has 1 aromatic heterocycles. The Morgan fingerprint density at radius 3 is 2.95 bits per heavy atom. The molecule has 3 rings (SSSR count). The summed E-state index contributed by atoms with van der Waals surface area (Å²) in [5, 5.41) is 20.2. The molecule has 2 heterocycles. The number of thioether (sulfide) groups is 1. The van der Waals surface area contributed by atoms with Crippen LogP contribution in [0.25, 0.3) is 6.08 Å². The van der Waals surface area contributed by atoms with E-state index in [9.17, 15) is 9.90 Å². The molecular formula is C14H10N2O2S2. The van der Waals surface area contributed by atoms with Crippen LogP contribution in [0.5, 0.6) is 5.75 Å². The summed E-state index contributed by atoms with van der Waals surface area (Å²) in [7, 11) is 0. The maximum Gasteiger partial charge on any atom is 0.186 e. The first-order valence-corrected chi connectivity index (χ1v) is 7.55. The van der Waals surface area contributed by atoms with Crippen LogP contribution < -0.4 is 0 Å². The topological polar surface area (TPSA) is 74.0 Å². The predicted octanol–water partition coefficient (Wildman–Crippen LogP) is 3.27. The highest BCUT2D eigenvalue weighted by Gasteiger charge is 2.38. The van der Waals surface area contributed by atoms with Gasteiger partial charge in [-0.2, -0.15) is 0 Å². The van der Waals surface area contributed by atoms with Crippen molar-refractivity contribution in [1.82, 2.24) is 4.98 Å². The van der Waals surface area contributed by atoms with E-state index in [-0.39, 0.29) is 11.5 Å². The van der Waals surface area contributed by atoms with E-state index in [4.69, 9.17) is 5.41 Å². The van der Waals surface area contributed by atoms with Gasteiger partial charge in [0.2, 0.25) is 0 Å². The minimum absolute atomic E-state index is 0.0988. The Morgan fingerprint density at radius 1 is 1.40 bits per heavy atom. The molecule has 1 atom stereocenters. The van der Waals surface area contributed by atoms with Crippen molar-refractivity contribution in [2.75, 3.05) is 0 Å². The molecule has 0 amide bonds. The lowest BCUT2D eigenvalue weighted by Gasteiger charge is -2.01. The smallest absolute Gasteiger partial charge is 0.186 e. The number of Topliss-reactive ketones (excluding diaryl/α,β-unsaturated/α-hetero) is 1. The number of allylic oxidation sites excluding steroid dienone is 1. The van der Waals surface area contributed by atoms with Gasteiger partial charge in [0.05, 0.1) is 9.95 Å². The van der Waals surface area contributed by atoms with E-state index in [0.717, 1.165) is 17.3 Å². The highest BCUT2D eigenvalue weighted by molar-refractivity contribution is 8.19. The van der Waals surface area contributed by atoms with E-state index in [2.05, 4.69) is 4.98 Å². The fourth-order valence-electron chi connectivity index (χ4n) is 1.96. The zero-order valence-electron chi connectivity index (χ0n) is 10.2. The fourth-order valence-corrected chi connectivity index (χ4v) is 3.76. The van der Waals surface area contributed by atoms with E-state index >= 15 is 0 Å². The number of hydrogen-bond acceptors (Lipinski definition) is 6. The Labute approximate surface area is 123 Å². The number of nitrogens with one attached hydrogen (secondary N) is 1. The zero-order valence-corrected chi connectivity index (χ0v) is 11.9. The molecule has 6 heteroatoms. The van der Waals surface area contributed by atoms with Crippen molar-refractivity contribution in [3.63, 3.8) is 0 Å². The van der Waals surface area contributed by atoms with E-state index in [1.807, 2.05) is 0 Å². The number of benzene rings is 1. The first kappa shape index (κ1) is 13.1. The summed E-state index contributed by atoms with van der Waals surface area (Å²) < 4.78 is 0. The van der Waals surface area contributed by atoms with Gasteiger partial charge in [-0.15, -0.1) is 11.3 Å². The molecule has 0 aliphatic carbocycles. The second kappa shape index (κ2) is 5.22. The Hall–Kier alpha value is -1.92. The van der Waals surface area contributed by atoms with Crippen molar-refractivity contribution in [3.8, 4) is 5.75 Å². The van der Waals surface area contributed by atoms with E-state index in [1.165, 1.54) is 11.3 Å². The Morgan fingerprint density at radius 2 is 2.25 bits per heavy atom. The number of thiazole rings is 1. The number of ketones is 1. The number of carbonyl (C=O) groups is 1. The van der Waals surface area contributed by atoms with Crippen LogP contribution in [0.3, 0.4) is 0 Å². The average molecular weight is 302 g/mol. The number of hydrogen-bond donors (Lipinski definition) is 2. The van der Waals surface area contributed by atoms with E-state index < -0.39 is 5.92 Å². The summed E-state index contributed by atoms with van der Waals surface area (Å²) in [6, 6.07) is 6.68. The molecule has 0 bridgehead atoms. The van der Waals surface area contributed by atoms with Gasteiger partial charge in [0.15, 0.2) is 5.78 Å². The lowest BCUT2D eigenvalue weighted by molar-refractivity contribution is -0.114. The van der Waals surface area contributed by atoms with Crippen LogP contribution in [-0.2, 0) is 4.79 Å². The first-order chi connectivity index (χ1) is 9.65. The summed E-state index contributed by atoms with van der Waals surface area (Å²) in [6.07, 6.45) is 3.34. The first-order valence-electron chi connectivity index (χ1n) is 5.86. The van der Waals surface area contributed by atoms with Gasteiger partial charge in [-0.3, -0.25) is 10.2 Å². The molecule has 1 fully saturated rings. The van der Waals surface area contributed by atoms with Crippen LogP contribution in [0.4, 0.5) is 0 Å². The molecule has 2 N–H and O–H groups in total. The lowest BCUT2D eigenvalue weighted by atomic mass is 10.1. The third-order valence-electron chi connectivity index (χ3n) is 2.85. The average Bonchev–Trinajstić information content (AvgIpc) is 2.99. The van der Waals surface area contributed by atoms with E-state index in [1.54, 1.807) is 41.9 Å². The van der Waals surface area contributed by atoms with Crippen LogP contribution in [-0.4, -0.2) is 20.9 Å². The van der Waals surface area contributed by atoms with Gasteiger partial charge in [-0.05, 0) is 23.8 Å². The molecule has 1 saturated heterocycles. The normalized spacial score (nSPS) is 20.8. The molecule has 1 aromatic carbocycles. The lowest BCUT2D eigenvalue weighted by Crippen LogP contribution is -2.11. The predicted molar refractivity (Wildman–Crippen MR) is 81.3 cm³/mol. The maximum absolute atomic E-state index is 12.4. The second-order valence-corrected chi connectivity index (χ2v) is 6.25. The summed E-state index contributed by atoms with van der Waals surface area (Å²) >= 11 is 2.55. The molecule has 0 spiro atoms. The molecule has 2 aromatic rings. The second-order valence-electron chi connectivity index (χ2n) is 4.24. The van der Waals surface area contributed by atoms with Gasteiger partial charge in [0.25, 0.3) is 0 Å². The number of aromatic hydroxyl groups is 1. The van der Waals surface area contributed by atoms with Crippen LogP contribution >= 0.6 is 23.1 Å². The molecule has 0 saturated carbocycles. The number of rotatable bonds is 2. The van der Waals surface area contributed by atoms with Gasteiger partial charge in [0, 0.05) is 11.6 Å². The highest BCUT2D eigenvalue weighted by atomic mass is 32.2. The van der Waals surface area contributed by atoms with Crippen molar-refractivity contribution in [1.29, 1.82) is 5.41 Å². The maximum atomic E-state index is 12.4. The monoisotopic (exact) mass is 302 g/mol. The van der Waals surface area contributed by atoms with Crippen LogP contribution in [0.1, 0.15) is 16.5 Å². The largest absolute Gasteiger partial charge is 0.508 e. The number of nitrogens with zero attached hydrogens (tertiary/aromatic N) is 1. The Bertz CT molecular complexity index is 708. The number of aromatic nitrogens is 1. The van der Waals surface area contributed by atoms with Gasteiger partial charge < -0.3 is 5.11 Å². The van der Waals surface area contributed by atoms with Crippen LogP contribution in [0.2, 0.25) is 0 Å². The van der Waals surface area contributed by atoms with Crippen molar-refractivity contribution >= 4 is 40.0 Å². The molecule has 20 heavy (non-hydrogen) atoms. The quantitative estimate of drug-likeness (QED) is 0.835. The molecular weight excluding hydrogens is 292 g/mol. The summed E-state index contributed by atoms with van der Waals surface area (Å²) in [4.78, 5) is 17.0. The van der Waals surface area contributed by atoms with Gasteiger partial charge >= 0.3 is 0 Å². The minimum Gasteiger partial charge on any atom is -0.508 e. The summed E-state index contributed by atoms with van der Waals surface area (Å²) in [6.45, 7) is 0. The molecule has 100 valence electrons. The van der Waals surface area contributed by atoms with Crippen molar-refractivity contribution in [2.24, 2.45) is 0 Å². The summed E-state index contributed by atoms with van der Waals surface area (Å²) in [5.74, 6) is -0.511. The standard InChI is InChI=1S/C14H10N2O2S2/c15-13-11(14-16-4-5-19-14)12(18)10(20-13)7-8-2-1-3-9(17)6-8/h1-7,11,15,17H/b10-7-,15-13?/t11-/m1/s1. The minimum atomic E-state index is -0.566. The third kappa shape index (κ3) is 2.39. The molecule has 1 aliphatic heterocycles. The van der Waals surface area contributed by atoms with Crippen molar-refractivity contribution in [2.45, 2.75) is 5.92 Å². The van der Waals surface area contributed by atoms with Crippen molar-refractivity contribution in [3.05, 3.63) is 51.3 Å². The zero-order chi connectivity index (χ0) is 14.1.